The minimum Gasteiger partial charge on any atom is -0.347 e. The number of sulfone groups is 1. The summed E-state index contributed by atoms with van der Waals surface area (Å²) < 4.78 is 42.3. The summed E-state index contributed by atoms with van der Waals surface area (Å²) in [5.41, 5.74) is 1.39. The summed E-state index contributed by atoms with van der Waals surface area (Å²) in [7, 11) is -3.47. The van der Waals surface area contributed by atoms with Crippen LogP contribution in [0, 0.1) is 11.7 Å². The largest absolute Gasteiger partial charge is 0.347 e. The van der Waals surface area contributed by atoms with Gasteiger partial charge in [-0.2, -0.15) is 9.36 Å². The fraction of sp³-hybridized carbons (Fsp3) is 0.400. The number of hydrogen-bond donors (Lipinski definition) is 0. The number of rotatable bonds is 6. The predicted octanol–water partition coefficient (Wildman–Crippen LogP) is 3.81. The number of halogens is 1. The van der Waals surface area contributed by atoms with Crippen molar-refractivity contribution in [2.24, 2.45) is 5.92 Å². The zero-order valence-electron chi connectivity index (χ0n) is 19.4. The lowest BCUT2D eigenvalue weighted by atomic mass is 9.97. The van der Waals surface area contributed by atoms with Gasteiger partial charge in [0, 0.05) is 54.9 Å². The topological polar surface area (TPSA) is 83.5 Å². The number of nitrogens with zero attached hydrogens (tertiary/aromatic N) is 4. The summed E-state index contributed by atoms with van der Waals surface area (Å²) in [6.45, 7) is 2.29. The maximum absolute atomic E-state index is 14.5. The number of aromatic nitrogens is 2. The van der Waals surface area contributed by atoms with Gasteiger partial charge in [-0.3, -0.25) is 4.79 Å². The molecule has 0 spiro atoms. The fourth-order valence-electron chi connectivity index (χ4n) is 4.92. The van der Waals surface area contributed by atoms with Crippen LogP contribution >= 0.6 is 11.5 Å². The Bertz CT molecular complexity index is 1320. The number of carbonyl (C=O) groups excluding carboxylic acids is 1. The molecule has 184 valence electrons. The lowest BCUT2D eigenvalue weighted by molar-refractivity contribution is -0.133. The number of benzene rings is 2. The monoisotopic (exact) mass is 514 g/mol. The Kier molecular flexibility index (Phi) is 6.59. The number of likely N-dealkylation sites (tertiary alicyclic amines) is 1. The Morgan fingerprint density at radius 3 is 2.49 bits per heavy atom. The van der Waals surface area contributed by atoms with E-state index >= 15 is 0 Å². The molecule has 2 saturated heterocycles. The summed E-state index contributed by atoms with van der Waals surface area (Å²) in [5, 5.41) is 0.904. The molecule has 35 heavy (non-hydrogen) atoms. The van der Waals surface area contributed by atoms with Crippen LogP contribution in [0.1, 0.15) is 24.8 Å². The van der Waals surface area contributed by atoms with Crippen molar-refractivity contribution in [3.8, 4) is 11.4 Å². The second kappa shape index (κ2) is 9.66. The molecule has 2 aromatic carbocycles. The molecule has 0 N–H and O–H groups in total. The van der Waals surface area contributed by atoms with E-state index in [0.717, 1.165) is 54.8 Å². The maximum atomic E-state index is 14.5. The first-order valence-corrected chi connectivity index (χ1v) is 14.4. The lowest BCUT2D eigenvalue weighted by Gasteiger charge is -2.36. The quantitative estimate of drug-likeness (QED) is 0.498. The summed E-state index contributed by atoms with van der Waals surface area (Å²) >= 11 is 1.40. The van der Waals surface area contributed by atoms with E-state index in [1.54, 1.807) is 0 Å². The highest BCUT2D eigenvalue weighted by atomic mass is 32.2. The van der Waals surface area contributed by atoms with Crippen molar-refractivity contribution < 1.29 is 17.6 Å². The molecular weight excluding hydrogens is 487 g/mol. The minimum atomic E-state index is -3.47. The van der Waals surface area contributed by atoms with Gasteiger partial charge >= 0.3 is 0 Å². The third-order valence-corrected chi connectivity index (χ3v) is 8.78. The van der Waals surface area contributed by atoms with Crippen LogP contribution < -0.4 is 4.90 Å². The molecule has 1 aromatic heterocycles. The highest BCUT2D eigenvalue weighted by molar-refractivity contribution is 7.90. The molecule has 0 saturated carbocycles. The molecule has 3 heterocycles. The average Bonchev–Trinajstić information content (AvgIpc) is 3.48. The smallest absolute Gasteiger partial charge is 0.226 e. The summed E-state index contributed by atoms with van der Waals surface area (Å²) in [6, 6.07) is 14.0. The van der Waals surface area contributed by atoms with E-state index in [-0.39, 0.29) is 29.2 Å². The zero-order chi connectivity index (χ0) is 24.6. The molecule has 2 aliphatic heterocycles. The van der Waals surface area contributed by atoms with Gasteiger partial charge in [-0.1, -0.05) is 36.4 Å². The van der Waals surface area contributed by atoms with Gasteiger partial charge in [-0.25, -0.2) is 12.8 Å². The van der Waals surface area contributed by atoms with E-state index in [9.17, 15) is 17.6 Å². The van der Waals surface area contributed by atoms with Crippen LogP contribution in [0.25, 0.3) is 11.4 Å². The minimum absolute atomic E-state index is 0.0452. The van der Waals surface area contributed by atoms with Gasteiger partial charge < -0.3 is 9.80 Å². The van der Waals surface area contributed by atoms with Crippen molar-refractivity contribution in [3.05, 3.63) is 59.9 Å². The predicted molar refractivity (Wildman–Crippen MR) is 134 cm³/mol. The molecule has 5 rings (SSSR count). The zero-order valence-corrected chi connectivity index (χ0v) is 21.1. The Balaban J connectivity index is 1.18. The molecule has 2 fully saturated rings. The molecule has 2 aliphatic rings. The van der Waals surface area contributed by atoms with Crippen molar-refractivity contribution >= 4 is 32.4 Å². The van der Waals surface area contributed by atoms with Gasteiger partial charge in [-0.05, 0) is 43.4 Å². The molecule has 0 bridgehead atoms. The van der Waals surface area contributed by atoms with Crippen LogP contribution in [0.4, 0.5) is 9.52 Å². The molecule has 10 heteroatoms. The SMILES string of the molecule is CS(=O)(=O)c1ccc(C[C@H]2CCN(C3CCN(c4nc(-c5ccccc5)ns4)CC3)C2=O)c(F)c1. The van der Waals surface area contributed by atoms with Crippen LogP contribution in [-0.4, -0.2) is 60.5 Å². The van der Waals surface area contributed by atoms with E-state index in [4.69, 9.17) is 4.98 Å². The number of anilines is 1. The number of hydrogen-bond acceptors (Lipinski definition) is 7. The number of amides is 1. The van der Waals surface area contributed by atoms with E-state index in [1.807, 2.05) is 35.2 Å². The Morgan fingerprint density at radius 2 is 1.80 bits per heavy atom. The fourth-order valence-corrected chi connectivity index (χ4v) is 6.29. The second-order valence-electron chi connectivity index (χ2n) is 9.23. The molecule has 1 atom stereocenters. The van der Waals surface area contributed by atoms with Crippen molar-refractivity contribution in [1.29, 1.82) is 0 Å². The molecule has 7 nitrogen and oxygen atoms in total. The maximum Gasteiger partial charge on any atom is 0.226 e. The second-order valence-corrected chi connectivity index (χ2v) is 12.0. The number of carbonyl (C=O) groups is 1. The molecule has 0 aliphatic carbocycles. The standard InChI is InChI=1S/C25H27FN4O3S2/c1-35(32,33)21-8-7-18(22(26)16-21)15-19-9-14-30(24(19)31)20-10-12-29(13-11-20)25-27-23(28-34-25)17-5-3-2-4-6-17/h2-8,16,19-20H,9-15H2,1H3/t19-/m1/s1. The van der Waals surface area contributed by atoms with Crippen molar-refractivity contribution in [2.75, 3.05) is 30.8 Å². The number of piperidine rings is 1. The Morgan fingerprint density at radius 1 is 1.06 bits per heavy atom. The van der Waals surface area contributed by atoms with Crippen LogP contribution in [-0.2, 0) is 21.1 Å². The first-order valence-electron chi connectivity index (χ1n) is 11.7. The molecule has 0 unspecified atom stereocenters. The van der Waals surface area contributed by atoms with Crippen LogP contribution in [0.2, 0.25) is 0 Å². The third kappa shape index (κ3) is 5.08. The van der Waals surface area contributed by atoms with Crippen molar-refractivity contribution in [1.82, 2.24) is 14.3 Å². The average molecular weight is 515 g/mol. The van der Waals surface area contributed by atoms with Gasteiger partial charge in [0.1, 0.15) is 5.82 Å². The Labute approximate surface area is 208 Å². The van der Waals surface area contributed by atoms with Gasteiger partial charge in [0.25, 0.3) is 0 Å². The summed E-state index contributed by atoms with van der Waals surface area (Å²) in [5.74, 6) is -0.0398. The van der Waals surface area contributed by atoms with Gasteiger partial charge in [0.15, 0.2) is 15.7 Å². The first kappa shape index (κ1) is 23.9. The highest BCUT2D eigenvalue weighted by Gasteiger charge is 2.37. The molecule has 0 radical (unpaired) electrons. The molecule has 3 aromatic rings. The van der Waals surface area contributed by atoms with Crippen molar-refractivity contribution in [3.63, 3.8) is 0 Å². The normalized spacial score (nSPS) is 19.5. The molecule has 1 amide bonds. The molecular formula is C25H27FN4O3S2. The Hall–Kier alpha value is -2.85. The van der Waals surface area contributed by atoms with Crippen LogP contribution in [0.3, 0.4) is 0 Å². The van der Waals surface area contributed by atoms with Gasteiger partial charge in [0.05, 0.1) is 4.90 Å². The van der Waals surface area contributed by atoms with E-state index in [1.165, 1.54) is 23.7 Å². The van der Waals surface area contributed by atoms with Crippen LogP contribution in [0.5, 0.6) is 0 Å². The van der Waals surface area contributed by atoms with E-state index in [2.05, 4.69) is 9.27 Å². The lowest BCUT2D eigenvalue weighted by Crippen LogP contribution is -2.46. The van der Waals surface area contributed by atoms with Gasteiger partial charge in [-0.15, -0.1) is 0 Å². The highest BCUT2D eigenvalue weighted by Crippen LogP contribution is 2.31. The first-order chi connectivity index (χ1) is 16.8. The van der Waals surface area contributed by atoms with E-state index in [0.29, 0.717) is 18.5 Å². The third-order valence-electron chi connectivity index (χ3n) is 6.89. The summed E-state index contributed by atoms with van der Waals surface area (Å²) in [6.07, 6.45) is 3.74. The van der Waals surface area contributed by atoms with Crippen molar-refractivity contribution in [2.45, 2.75) is 36.6 Å². The van der Waals surface area contributed by atoms with Crippen LogP contribution in [0.15, 0.2) is 53.4 Å². The van der Waals surface area contributed by atoms with Gasteiger partial charge in [0.2, 0.25) is 11.0 Å². The summed E-state index contributed by atoms with van der Waals surface area (Å²) in [4.78, 5) is 22.0. The van der Waals surface area contributed by atoms with E-state index < -0.39 is 15.7 Å².